The third-order valence-electron chi connectivity index (χ3n) is 1.74. The summed E-state index contributed by atoms with van der Waals surface area (Å²) in [5, 5.41) is 12.3. The van der Waals surface area contributed by atoms with Crippen molar-refractivity contribution in [3.63, 3.8) is 0 Å². The number of aliphatic hydroxyl groups is 1. The van der Waals surface area contributed by atoms with Gasteiger partial charge in [-0.1, -0.05) is 13.3 Å². The van der Waals surface area contributed by atoms with E-state index in [1.54, 1.807) is 18.3 Å². The van der Waals surface area contributed by atoms with E-state index in [9.17, 15) is 5.11 Å². The predicted octanol–water partition coefficient (Wildman–Crippen LogP) is 2.54. The van der Waals surface area contributed by atoms with Crippen molar-refractivity contribution in [1.29, 1.82) is 0 Å². The first-order valence-corrected chi connectivity index (χ1v) is 5.24. The highest BCUT2D eigenvalue weighted by Crippen LogP contribution is 2.17. The van der Waals surface area contributed by atoms with Gasteiger partial charge in [-0.05, 0) is 19.8 Å². The lowest BCUT2D eigenvalue weighted by Gasteiger charge is -1.96. The van der Waals surface area contributed by atoms with Crippen LogP contribution in [0, 0.1) is 0 Å². The van der Waals surface area contributed by atoms with E-state index >= 15 is 0 Å². The average Bonchev–Trinajstić information content (AvgIpc) is 2.48. The van der Waals surface area contributed by atoms with Gasteiger partial charge in [-0.15, -0.1) is 11.3 Å². The Hall–Kier alpha value is -0.410. The van der Waals surface area contributed by atoms with Crippen molar-refractivity contribution in [1.82, 2.24) is 4.98 Å². The molecular formula is C9H15NOS. The Morgan fingerprint density at radius 1 is 1.67 bits per heavy atom. The molecule has 2 nitrogen and oxygen atoms in total. The first kappa shape index (κ1) is 9.68. The van der Waals surface area contributed by atoms with Crippen LogP contribution in [0.5, 0.6) is 0 Å². The molecule has 0 bridgehead atoms. The second kappa shape index (κ2) is 4.58. The minimum atomic E-state index is -0.420. The summed E-state index contributed by atoms with van der Waals surface area (Å²) >= 11 is 1.65. The zero-order valence-electron chi connectivity index (χ0n) is 7.58. The van der Waals surface area contributed by atoms with Crippen LogP contribution in [0.2, 0.25) is 0 Å². The maximum atomic E-state index is 9.21. The summed E-state index contributed by atoms with van der Waals surface area (Å²) < 4.78 is 0. The van der Waals surface area contributed by atoms with Crippen molar-refractivity contribution in [2.45, 2.75) is 39.2 Å². The van der Waals surface area contributed by atoms with Crippen molar-refractivity contribution in [3.05, 3.63) is 16.1 Å². The highest BCUT2D eigenvalue weighted by molar-refractivity contribution is 7.09. The number of aliphatic hydroxyl groups excluding tert-OH is 1. The molecular weight excluding hydrogens is 170 g/mol. The normalized spacial score (nSPS) is 13.2. The SMILES string of the molecule is CCCCc1nc(C(C)O)cs1. The fourth-order valence-corrected chi connectivity index (χ4v) is 1.89. The molecule has 1 unspecified atom stereocenters. The molecule has 1 atom stereocenters. The Bertz CT molecular complexity index is 232. The van der Waals surface area contributed by atoms with Crippen molar-refractivity contribution >= 4 is 11.3 Å². The largest absolute Gasteiger partial charge is 0.387 e. The van der Waals surface area contributed by atoms with Crippen LogP contribution in [0.1, 0.15) is 43.5 Å². The van der Waals surface area contributed by atoms with Gasteiger partial charge in [0, 0.05) is 5.38 Å². The number of rotatable bonds is 4. The molecule has 68 valence electrons. The number of aryl methyl sites for hydroxylation is 1. The molecule has 0 aliphatic rings. The van der Waals surface area contributed by atoms with Crippen LogP contribution in [0.3, 0.4) is 0 Å². The molecule has 12 heavy (non-hydrogen) atoms. The molecule has 0 fully saturated rings. The topological polar surface area (TPSA) is 33.1 Å². The maximum absolute atomic E-state index is 9.21. The van der Waals surface area contributed by atoms with Gasteiger partial charge in [0.2, 0.25) is 0 Å². The van der Waals surface area contributed by atoms with E-state index in [1.165, 1.54) is 12.8 Å². The maximum Gasteiger partial charge on any atom is 0.0940 e. The smallest absolute Gasteiger partial charge is 0.0940 e. The van der Waals surface area contributed by atoms with Crippen molar-refractivity contribution in [3.8, 4) is 0 Å². The van der Waals surface area contributed by atoms with Crippen molar-refractivity contribution in [2.75, 3.05) is 0 Å². The zero-order chi connectivity index (χ0) is 8.97. The highest BCUT2D eigenvalue weighted by atomic mass is 32.1. The fourth-order valence-electron chi connectivity index (χ4n) is 0.960. The number of aromatic nitrogens is 1. The summed E-state index contributed by atoms with van der Waals surface area (Å²) in [6, 6.07) is 0. The van der Waals surface area contributed by atoms with Gasteiger partial charge in [0.25, 0.3) is 0 Å². The summed E-state index contributed by atoms with van der Waals surface area (Å²) in [6.45, 7) is 3.92. The average molecular weight is 185 g/mol. The lowest BCUT2D eigenvalue weighted by molar-refractivity contribution is 0.195. The van der Waals surface area contributed by atoms with Crippen molar-refractivity contribution < 1.29 is 5.11 Å². The monoisotopic (exact) mass is 185 g/mol. The number of hydrogen-bond acceptors (Lipinski definition) is 3. The molecule has 0 aliphatic carbocycles. The van der Waals surface area contributed by atoms with Crippen LogP contribution < -0.4 is 0 Å². The summed E-state index contributed by atoms with van der Waals surface area (Å²) in [5.41, 5.74) is 0.811. The second-order valence-corrected chi connectivity index (χ2v) is 3.89. The van der Waals surface area contributed by atoms with E-state index in [-0.39, 0.29) is 0 Å². The number of unbranched alkanes of at least 4 members (excludes halogenated alkanes) is 1. The second-order valence-electron chi connectivity index (χ2n) is 2.95. The van der Waals surface area contributed by atoms with Crippen LogP contribution in [-0.4, -0.2) is 10.1 Å². The van der Waals surface area contributed by atoms with E-state index in [2.05, 4.69) is 11.9 Å². The van der Waals surface area contributed by atoms with E-state index in [1.807, 2.05) is 5.38 Å². The Balaban J connectivity index is 2.52. The zero-order valence-corrected chi connectivity index (χ0v) is 8.40. The van der Waals surface area contributed by atoms with Crippen LogP contribution in [0.25, 0.3) is 0 Å². The molecule has 0 spiro atoms. The van der Waals surface area contributed by atoms with Gasteiger partial charge < -0.3 is 5.11 Å². The van der Waals surface area contributed by atoms with Crippen LogP contribution in [-0.2, 0) is 6.42 Å². The molecule has 1 aromatic rings. The Morgan fingerprint density at radius 2 is 2.42 bits per heavy atom. The molecule has 1 N–H and O–H groups in total. The van der Waals surface area contributed by atoms with E-state index in [0.717, 1.165) is 17.1 Å². The lowest BCUT2D eigenvalue weighted by atomic mass is 10.2. The van der Waals surface area contributed by atoms with Gasteiger partial charge in [0.05, 0.1) is 16.8 Å². The van der Waals surface area contributed by atoms with Gasteiger partial charge >= 0.3 is 0 Å². The number of thiazole rings is 1. The summed E-state index contributed by atoms with van der Waals surface area (Å²) in [6.07, 6.45) is 3.01. The van der Waals surface area contributed by atoms with Gasteiger partial charge in [0.1, 0.15) is 0 Å². The predicted molar refractivity (Wildman–Crippen MR) is 51.4 cm³/mol. The molecule has 0 amide bonds. The van der Waals surface area contributed by atoms with Crippen molar-refractivity contribution in [2.24, 2.45) is 0 Å². The molecule has 1 heterocycles. The molecule has 1 rings (SSSR count). The highest BCUT2D eigenvalue weighted by Gasteiger charge is 2.05. The van der Waals surface area contributed by atoms with Crippen LogP contribution >= 0.6 is 11.3 Å². The first-order chi connectivity index (χ1) is 5.74. The Labute approximate surface area is 77.3 Å². The summed E-state index contributed by atoms with van der Waals surface area (Å²) in [4.78, 5) is 4.32. The van der Waals surface area contributed by atoms with Gasteiger partial charge in [0.15, 0.2) is 0 Å². The summed E-state index contributed by atoms with van der Waals surface area (Å²) in [7, 11) is 0. The third kappa shape index (κ3) is 2.57. The standard InChI is InChI=1S/C9H15NOS/c1-3-4-5-9-10-8(6-12-9)7(2)11/h6-7,11H,3-5H2,1-2H3. The molecule has 0 saturated carbocycles. The third-order valence-corrected chi connectivity index (χ3v) is 2.67. The first-order valence-electron chi connectivity index (χ1n) is 4.36. The van der Waals surface area contributed by atoms with Crippen LogP contribution in [0.15, 0.2) is 5.38 Å². The molecule has 1 aromatic heterocycles. The van der Waals surface area contributed by atoms with Gasteiger partial charge in [-0.3, -0.25) is 0 Å². The Morgan fingerprint density at radius 3 is 2.92 bits per heavy atom. The van der Waals surface area contributed by atoms with E-state index < -0.39 is 6.10 Å². The molecule has 3 heteroatoms. The molecule has 0 radical (unpaired) electrons. The number of hydrogen-bond donors (Lipinski definition) is 1. The minimum Gasteiger partial charge on any atom is -0.387 e. The number of nitrogens with zero attached hydrogens (tertiary/aromatic N) is 1. The van der Waals surface area contributed by atoms with Crippen LogP contribution in [0.4, 0.5) is 0 Å². The quantitative estimate of drug-likeness (QED) is 0.782. The minimum absolute atomic E-state index is 0.420. The fraction of sp³-hybridized carbons (Fsp3) is 0.667. The Kier molecular flexibility index (Phi) is 3.69. The molecule has 0 aromatic carbocycles. The van der Waals surface area contributed by atoms with E-state index in [4.69, 9.17) is 0 Å². The lowest BCUT2D eigenvalue weighted by Crippen LogP contribution is -1.91. The molecule has 0 saturated heterocycles. The van der Waals surface area contributed by atoms with Gasteiger partial charge in [-0.2, -0.15) is 0 Å². The molecule has 0 aliphatic heterocycles. The van der Waals surface area contributed by atoms with E-state index in [0.29, 0.717) is 0 Å². The summed E-state index contributed by atoms with van der Waals surface area (Å²) in [5.74, 6) is 0. The van der Waals surface area contributed by atoms with Gasteiger partial charge in [-0.25, -0.2) is 4.98 Å².